The summed E-state index contributed by atoms with van der Waals surface area (Å²) in [5.74, 6) is -0.00725. The predicted molar refractivity (Wildman–Crippen MR) is 83.3 cm³/mol. The third-order valence-corrected chi connectivity index (χ3v) is 3.72. The van der Waals surface area contributed by atoms with Gasteiger partial charge in [0, 0.05) is 0 Å². The minimum absolute atomic E-state index is 0.147. The van der Waals surface area contributed by atoms with Crippen molar-refractivity contribution in [3.05, 3.63) is 42.0 Å². The highest BCUT2D eigenvalue weighted by atomic mass is 16.2. The Bertz CT molecular complexity index is 722. The van der Waals surface area contributed by atoms with E-state index in [0.29, 0.717) is 23.6 Å². The molecule has 3 rings (SSSR count). The summed E-state index contributed by atoms with van der Waals surface area (Å²) in [5, 5.41) is 7.70. The third kappa shape index (κ3) is 2.61. The Balaban J connectivity index is 2.04. The van der Waals surface area contributed by atoms with Gasteiger partial charge in [-0.15, -0.1) is 0 Å². The van der Waals surface area contributed by atoms with E-state index in [1.807, 2.05) is 50.2 Å². The molecule has 4 nitrogen and oxygen atoms in total. The molecule has 1 aliphatic heterocycles. The lowest BCUT2D eigenvalue weighted by Crippen LogP contribution is -2.41. The number of amides is 2. The van der Waals surface area contributed by atoms with E-state index >= 15 is 0 Å². The van der Waals surface area contributed by atoms with Gasteiger partial charge < -0.3 is 10.6 Å². The van der Waals surface area contributed by atoms with E-state index in [-0.39, 0.29) is 11.8 Å². The Hall–Kier alpha value is -2.36. The molecular formula is C17H18N2O2. The number of carbonyl (C=O) groups excluding carboxylic acids is 2. The van der Waals surface area contributed by atoms with Crippen LogP contribution in [0, 0.1) is 5.92 Å². The monoisotopic (exact) mass is 282 g/mol. The Morgan fingerprint density at radius 1 is 1.10 bits per heavy atom. The molecule has 0 fully saturated rings. The maximum absolute atomic E-state index is 12.4. The van der Waals surface area contributed by atoms with E-state index in [0.717, 1.165) is 10.8 Å². The number of rotatable bonds is 2. The molecule has 0 aliphatic carbocycles. The number of benzene rings is 2. The minimum Gasteiger partial charge on any atom is -0.340 e. The van der Waals surface area contributed by atoms with Crippen molar-refractivity contribution in [2.45, 2.75) is 26.3 Å². The second-order valence-corrected chi connectivity index (χ2v) is 5.89. The van der Waals surface area contributed by atoms with Gasteiger partial charge in [-0.25, -0.2) is 0 Å². The third-order valence-electron chi connectivity index (χ3n) is 3.72. The van der Waals surface area contributed by atoms with Gasteiger partial charge in [0.15, 0.2) is 0 Å². The van der Waals surface area contributed by atoms with Crippen LogP contribution in [0.25, 0.3) is 10.8 Å². The van der Waals surface area contributed by atoms with Crippen molar-refractivity contribution in [2.75, 3.05) is 5.32 Å². The van der Waals surface area contributed by atoms with Crippen molar-refractivity contribution in [3.8, 4) is 0 Å². The fourth-order valence-corrected chi connectivity index (χ4v) is 2.69. The van der Waals surface area contributed by atoms with Crippen LogP contribution in [0.1, 0.15) is 30.6 Å². The van der Waals surface area contributed by atoms with E-state index in [2.05, 4.69) is 10.6 Å². The molecule has 0 bridgehead atoms. The summed E-state index contributed by atoms with van der Waals surface area (Å²) < 4.78 is 0. The van der Waals surface area contributed by atoms with Crippen molar-refractivity contribution in [3.63, 3.8) is 0 Å². The van der Waals surface area contributed by atoms with Gasteiger partial charge in [0.2, 0.25) is 5.91 Å². The summed E-state index contributed by atoms with van der Waals surface area (Å²) in [5.41, 5.74) is 1.11. The molecule has 2 aromatic rings. The standard InChI is InChI=1S/C17H18N2O2/c1-10(2)7-15-17(21)18-14-9-12-6-4-3-5-11(12)8-13(14)16(20)19-15/h3-6,8-10,15H,7H2,1-2H3,(H,18,21)(H,19,20). The van der Waals surface area contributed by atoms with Gasteiger partial charge in [-0.05, 0) is 35.2 Å². The van der Waals surface area contributed by atoms with Crippen molar-refractivity contribution in [2.24, 2.45) is 5.92 Å². The summed E-state index contributed by atoms with van der Waals surface area (Å²) >= 11 is 0. The van der Waals surface area contributed by atoms with Gasteiger partial charge in [-0.1, -0.05) is 38.1 Å². The number of hydrogen-bond acceptors (Lipinski definition) is 2. The molecule has 2 amide bonds. The zero-order valence-electron chi connectivity index (χ0n) is 12.1. The van der Waals surface area contributed by atoms with E-state index < -0.39 is 6.04 Å². The fraction of sp³-hybridized carbons (Fsp3) is 0.294. The summed E-state index contributed by atoms with van der Waals surface area (Å²) in [6.45, 7) is 4.07. The van der Waals surface area contributed by atoms with Crippen molar-refractivity contribution in [1.29, 1.82) is 0 Å². The van der Waals surface area contributed by atoms with E-state index in [9.17, 15) is 9.59 Å². The Labute approximate surface area is 123 Å². The Morgan fingerprint density at radius 3 is 2.43 bits per heavy atom. The first-order chi connectivity index (χ1) is 10.0. The van der Waals surface area contributed by atoms with Gasteiger partial charge >= 0.3 is 0 Å². The first-order valence-electron chi connectivity index (χ1n) is 7.19. The van der Waals surface area contributed by atoms with Crippen LogP contribution in [0.15, 0.2) is 36.4 Å². The molecule has 0 radical (unpaired) electrons. The molecule has 108 valence electrons. The highest BCUT2D eigenvalue weighted by molar-refractivity contribution is 6.12. The molecule has 2 aromatic carbocycles. The van der Waals surface area contributed by atoms with E-state index in [1.165, 1.54) is 0 Å². The van der Waals surface area contributed by atoms with E-state index in [1.54, 1.807) is 0 Å². The maximum atomic E-state index is 12.4. The lowest BCUT2D eigenvalue weighted by atomic mass is 10.0. The molecule has 21 heavy (non-hydrogen) atoms. The van der Waals surface area contributed by atoms with Gasteiger partial charge in [0.1, 0.15) is 6.04 Å². The number of carbonyl (C=O) groups is 2. The topological polar surface area (TPSA) is 58.2 Å². The molecule has 0 spiro atoms. The Morgan fingerprint density at radius 2 is 1.76 bits per heavy atom. The van der Waals surface area contributed by atoms with Crippen LogP contribution in [0.2, 0.25) is 0 Å². The van der Waals surface area contributed by atoms with Crippen LogP contribution in [0.3, 0.4) is 0 Å². The average molecular weight is 282 g/mol. The SMILES string of the molecule is CC(C)CC1NC(=O)c2cc3ccccc3cc2NC1=O. The first-order valence-corrected chi connectivity index (χ1v) is 7.19. The number of nitrogens with one attached hydrogen (secondary N) is 2. The lowest BCUT2D eigenvalue weighted by molar-refractivity contribution is -0.118. The van der Waals surface area contributed by atoms with Gasteiger partial charge in [0.25, 0.3) is 5.91 Å². The van der Waals surface area contributed by atoms with Crippen LogP contribution >= 0.6 is 0 Å². The van der Waals surface area contributed by atoms with Crippen LogP contribution in [-0.2, 0) is 4.79 Å². The zero-order valence-corrected chi connectivity index (χ0v) is 12.1. The number of fused-ring (bicyclic) bond motifs is 2. The van der Waals surface area contributed by atoms with Gasteiger partial charge in [-0.3, -0.25) is 9.59 Å². The molecular weight excluding hydrogens is 264 g/mol. The molecule has 1 aliphatic rings. The summed E-state index contributed by atoms with van der Waals surface area (Å²) in [4.78, 5) is 24.7. The highest BCUT2D eigenvalue weighted by Crippen LogP contribution is 2.26. The molecule has 0 saturated heterocycles. The largest absolute Gasteiger partial charge is 0.340 e. The molecule has 1 atom stereocenters. The minimum atomic E-state index is -0.479. The normalized spacial score (nSPS) is 18.1. The quantitative estimate of drug-likeness (QED) is 0.889. The van der Waals surface area contributed by atoms with Gasteiger partial charge in [0.05, 0.1) is 11.3 Å². The second-order valence-electron chi connectivity index (χ2n) is 5.89. The van der Waals surface area contributed by atoms with Crippen molar-refractivity contribution < 1.29 is 9.59 Å². The van der Waals surface area contributed by atoms with Crippen LogP contribution < -0.4 is 10.6 Å². The second kappa shape index (κ2) is 5.20. The number of hydrogen-bond donors (Lipinski definition) is 2. The summed E-state index contributed by atoms with van der Waals surface area (Å²) in [7, 11) is 0. The molecule has 1 unspecified atom stereocenters. The summed E-state index contributed by atoms with van der Waals surface area (Å²) in [6, 6.07) is 11.0. The predicted octanol–water partition coefficient (Wildman–Crippen LogP) is 2.94. The first kappa shape index (κ1) is 13.6. The van der Waals surface area contributed by atoms with Crippen molar-refractivity contribution in [1.82, 2.24) is 5.32 Å². The van der Waals surface area contributed by atoms with E-state index in [4.69, 9.17) is 0 Å². The molecule has 0 saturated carbocycles. The maximum Gasteiger partial charge on any atom is 0.254 e. The van der Waals surface area contributed by atoms with Crippen LogP contribution in [0.4, 0.5) is 5.69 Å². The average Bonchev–Trinajstić information content (AvgIpc) is 2.54. The molecule has 1 heterocycles. The highest BCUT2D eigenvalue weighted by Gasteiger charge is 2.28. The number of anilines is 1. The lowest BCUT2D eigenvalue weighted by Gasteiger charge is -2.16. The molecule has 0 aromatic heterocycles. The zero-order chi connectivity index (χ0) is 15.0. The van der Waals surface area contributed by atoms with Gasteiger partial charge in [-0.2, -0.15) is 0 Å². The Kier molecular flexibility index (Phi) is 3.37. The van der Waals surface area contributed by atoms with Crippen molar-refractivity contribution >= 4 is 28.3 Å². The smallest absolute Gasteiger partial charge is 0.254 e. The molecule has 4 heteroatoms. The fourth-order valence-electron chi connectivity index (χ4n) is 2.69. The van der Waals surface area contributed by atoms with Crippen LogP contribution in [0.5, 0.6) is 0 Å². The summed E-state index contributed by atoms with van der Waals surface area (Å²) in [6.07, 6.45) is 0.630. The van der Waals surface area contributed by atoms with Crippen LogP contribution in [-0.4, -0.2) is 17.9 Å². The molecule has 2 N–H and O–H groups in total.